The van der Waals surface area contributed by atoms with E-state index in [1.54, 1.807) is 4.68 Å². The van der Waals surface area contributed by atoms with Crippen molar-refractivity contribution in [2.75, 3.05) is 13.1 Å². The van der Waals surface area contributed by atoms with Crippen LogP contribution in [0.25, 0.3) is 5.69 Å². The van der Waals surface area contributed by atoms with Crippen LogP contribution in [0.3, 0.4) is 0 Å². The first-order valence-electron chi connectivity index (χ1n) is 8.48. The predicted molar refractivity (Wildman–Crippen MR) is 92.4 cm³/mol. The Kier molecular flexibility index (Phi) is 3.22. The van der Waals surface area contributed by atoms with Crippen molar-refractivity contribution < 1.29 is 4.84 Å². The number of hydrogen-bond acceptors (Lipinski definition) is 4. The molecule has 0 atom stereocenters. The summed E-state index contributed by atoms with van der Waals surface area (Å²) in [5.41, 5.74) is 3.25. The second kappa shape index (κ2) is 5.33. The second-order valence-corrected chi connectivity index (χ2v) is 7.52. The van der Waals surface area contributed by atoms with Crippen LogP contribution in [0.2, 0.25) is 5.15 Å². The zero-order chi connectivity index (χ0) is 16.1. The molecule has 124 valence electrons. The van der Waals surface area contributed by atoms with Crippen LogP contribution >= 0.6 is 11.6 Å². The Morgan fingerprint density at radius 3 is 2.75 bits per heavy atom. The number of halogens is 1. The van der Waals surface area contributed by atoms with E-state index in [1.165, 1.54) is 18.6 Å². The van der Waals surface area contributed by atoms with Crippen LogP contribution in [0.15, 0.2) is 41.7 Å². The summed E-state index contributed by atoms with van der Waals surface area (Å²) in [5, 5.41) is 9.44. The third kappa shape index (κ3) is 2.43. The van der Waals surface area contributed by atoms with Gasteiger partial charge in [-0.05, 0) is 25.0 Å². The molecular weight excluding hydrogens is 324 g/mol. The molecule has 6 heteroatoms. The summed E-state index contributed by atoms with van der Waals surface area (Å²) in [6.07, 6.45) is 5.44. The average molecular weight is 343 g/mol. The standard InChI is InChI=1S/C18H19ClN4O/c19-17-14(9-20-23(17)15-4-2-1-3-5-15)10-22-11-18(12-22)8-16(21-24-18)13-6-7-13/h1-5,9,13H,6-8,10-12H2. The summed E-state index contributed by atoms with van der Waals surface area (Å²) in [6, 6.07) is 9.97. The number of para-hydroxylation sites is 1. The molecule has 2 aliphatic heterocycles. The van der Waals surface area contributed by atoms with E-state index < -0.39 is 0 Å². The first-order chi connectivity index (χ1) is 11.7. The summed E-state index contributed by atoms with van der Waals surface area (Å²) < 4.78 is 1.78. The molecule has 3 heterocycles. The number of benzene rings is 1. The van der Waals surface area contributed by atoms with E-state index in [2.05, 4.69) is 15.2 Å². The van der Waals surface area contributed by atoms with Gasteiger partial charge in [0.15, 0.2) is 5.60 Å². The van der Waals surface area contributed by atoms with Gasteiger partial charge in [0, 0.05) is 37.5 Å². The molecule has 1 aromatic heterocycles. The molecule has 1 saturated heterocycles. The summed E-state index contributed by atoms with van der Waals surface area (Å²) in [7, 11) is 0. The predicted octanol–water partition coefficient (Wildman–Crippen LogP) is 3.27. The van der Waals surface area contributed by atoms with E-state index in [1.807, 2.05) is 36.5 Å². The van der Waals surface area contributed by atoms with Crippen LogP contribution < -0.4 is 0 Å². The van der Waals surface area contributed by atoms with E-state index >= 15 is 0 Å². The van der Waals surface area contributed by atoms with Gasteiger partial charge < -0.3 is 4.84 Å². The molecule has 1 saturated carbocycles. The number of aromatic nitrogens is 2. The van der Waals surface area contributed by atoms with Gasteiger partial charge in [-0.1, -0.05) is 35.0 Å². The Bertz CT molecular complexity index is 791. The summed E-state index contributed by atoms with van der Waals surface area (Å²) in [6.45, 7) is 2.63. The third-order valence-corrected chi connectivity index (χ3v) is 5.51. The maximum atomic E-state index is 6.53. The van der Waals surface area contributed by atoms with Crippen LogP contribution in [0.5, 0.6) is 0 Å². The van der Waals surface area contributed by atoms with E-state index in [9.17, 15) is 0 Å². The van der Waals surface area contributed by atoms with Crippen LogP contribution in [-0.2, 0) is 11.4 Å². The van der Waals surface area contributed by atoms with Gasteiger partial charge in [-0.15, -0.1) is 0 Å². The molecule has 0 bridgehead atoms. The Balaban J connectivity index is 1.24. The fourth-order valence-corrected chi connectivity index (χ4v) is 3.95. The van der Waals surface area contributed by atoms with E-state index in [0.29, 0.717) is 11.1 Å². The average Bonchev–Trinajstić information content (AvgIpc) is 3.23. The Hall–Kier alpha value is -1.85. The van der Waals surface area contributed by atoms with Crippen LogP contribution in [0.1, 0.15) is 24.8 Å². The van der Waals surface area contributed by atoms with Crippen LogP contribution in [0.4, 0.5) is 0 Å². The molecule has 5 nitrogen and oxygen atoms in total. The SMILES string of the molecule is Clc1c(CN2CC3(CC(C4CC4)=NO3)C2)cnn1-c1ccccc1. The smallest absolute Gasteiger partial charge is 0.168 e. The van der Waals surface area contributed by atoms with Gasteiger partial charge in [0.2, 0.25) is 0 Å². The lowest BCUT2D eigenvalue weighted by molar-refractivity contribution is -0.128. The molecule has 0 radical (unpaired) electrons. The molecule has 0 amide bonds. The zero-order valence-electron chi connectivity index (χ0n) is 13.4. The molecule has 0 N–H and O–H groups in total. The minimum absolute atomic E-state index is 0.0696. The molecule has 3 aliphatic rings. The van der Waals surface area contributed by atoms with Crippen molar-refractivity contribution in [3.63, 3.8) is 0 Å². The normalized spacial score (nSPS) is 22.3. The van der Waals surface area contributed by atoms with Crippen LogP contribution in [0, 0.1) is 5.92 Å². The summed E-state index contributed by atoms with van der Waals surface area (Å²) in [5.74, 6) is 0.706. The van der Waals surface area contributed by atoms with E-state index in [-0.39, 0.29) is 5.60 Å². The van der Waals surface area contributed by atoms with Crippen molar-refractivity contribution in [2.45, 2.75) is 31.4 Å². The lowest BCUT2D eigenvalue weighted by Gasteiger charge is -2.45. The van der Waals surface area contributed by atoms with Crippen LogP contribution in [-0.4, -0.2) is 39.1 Å². The van der Waals surface area contributed by atoms with Gasteiger partial charge in [0.05, 0.1) is 17.6 Å². The minimum Gasteiger partial charge on any atom is -0.386 e. The van der Waals surface area contributed by atoms with Crippen molar-refractivity contribution in [1.82, 2.24) is 14.7 Å². The van der Waals surface area contributed by atoms with Gasteiger partial charge >= 0.3 is 0 Å². The highest BCUT2D eigenvalue weighted by atomic mass is 35.5. The molecule has 0 unspecified atom stereocenters. The molecule has 1 spiro atoms. The zero-order valence-corrected chi connectivity index (χ0v) is 14.1. The van der Waals surface area contributed by atoms with Crippen molar-refractivity contribution in [3.05, 3.63) is 47.2 Å². The summed E-state index contributed by atoms with van der Waals surface area (Å²) in [4.78, 5) is 8.11. The van der Waals surface area contributed by atoms with Crippen molar-refractivity contribution in [1.29, 1.82) is 0 Å². The van der Waals surface area contributed by atoms with E-state index in [4.69, 9.17) is 16.4 Å². The number of nitrogens with zero attached hydrogens (tertiary/aromatic N) is 4. The van der Waals surface area contributed by atoms with Gasteiger partial charge in [0.1, 0.15) is 5.15 Å². The largest absolute Gasteiger partial charge is 0.386 e. The summed E-state index contributed by atoms with van der Waals surface area (Å²) >= 11 is 6.53. The third-order valence-electron chi connectivity index (χ3n) is 5.11. The van der Waals surface area contributed by atoms with E-state index in [0.717, 1.165) is 37.3 Å². The fourth-order valence-electron chi connectivity index (χ4n) is 3.70. The maximum absolute atomic E-state index is 6.53. The number of rotatable bonds is 4. The molecule has 1 aromatic carbocycles. The topological polar surface area (TPSA) is 42.6 Å². The molecule has 2 fully saturated rings. The maximum Gasteiger partial charge on any atom is 0.168 e. The Labute approximate surface area is 145 Å². The molecule has 2 aromatic rings. The number of hydrogen-bond donors (Lipinski definition) is 0. The van der Waals surface area contributed by atoms with Crippen molar-refractivity contribution >= 4 is 17.3 Å². The highest BCUT2D eigenvalue weighted by molar-refractivity contribution is 6.30. The Morgan fingerprint density at radius 1 is 1.21 bits per heavy atom. The first kappa shape index (κ1) is 14.5. The minimum atomic E-state index is -0.0696. The van der Waals surface area contributed by atoms with Gasteiger partial charge in [-0.3, -0.25) is 4.90 Å². The lowest BCUT2D eigenvalue weighted by atomic mass is 9.87. The van der Waals surface area contributed by atoms with Gasteiger partial charge in [-0.2, -0.15) is 5.10 Å². The first-order valence-corrected chi connectivity index (χ1v) is 8.85. The number of oxime groups is 1. The fraction of sp³-hybridized carbons (Fsp3) is 0.444. The molecular formula is C18H19ClN4O. The second-order valence-electron chi connectivity index (χ2n) is 7.16. The van der Waals surface area contributed by atoms with Crippen molar-refractivity contribution in [3.8, 4) is 5.69 Å². The van der Waals surface area contributed by atoms with Crippen molar-refractivity contribution in [2.24, 2.45) is 11.1 Å². The highest BCUT2D eigenvalue weighted by Gasteiger charge is 2.51. The van der Waals surface area contributed by atoms with Gasteiger partial charge in [0.25, 0.3) is 0 Å². The quantitative estimate of drug-likeness (QED) is 0.856. The monoisotopic (exact) mass is 342 g/mol. The highest BCUT2D eigenvalue weighted by Crippen LogP contribution is 2.42. The Morgan fingerprint density at radius 2 is 2.00 bits per heavy atom. The number of likely N-dealkylation sites (tertiary alicyclic amines) is 1. The molecule has 24 heavy (non-hydrogen) atoms. The van der Waals surface area contributed by atoms with Gasteiger partial charge in [-0.25, -0.2) is 4.68 Å². The molecule has 5 rings (SSSR count). The molecule has 1 aliphatic carbocycles. The lowest BCUT2D eigenvalue weighted by Crippen LogP contribution is -2.61.